The molecule has 1 radical (unpaired) electrons. The fourth-order valence-corrected chi connectivity index (χ4v) is 0.935. The van der Waals surface area contributed by atoms with E-state index in [9.17, 15) is 0 Å². The maximum absolute atomic E-state index is 4.72. The topological polar surface area (TPSA) is 51.0 Å². The summed E-state index contributed by atoms with van der Waals surface area (Å²) in [4.78, 5) is 0. The molecule has 0 aliphatic rings. The van der Waals surface area contributed by atoms with Crippen molar-refractivity contribution >= 4 is 5.88 Å². The van der Waals surface area contributed by atoms with Gasteiger partial charge in [-0.15, -0.1) is 5.10 Å². The van der Waals surface area contributed by atoms with Crippen LogP contribution in [-0.4, -0.2) is 16.4 Å². The fraction of sp³-hybridized carbons (Fsp3) is 0.714. The zero-order valence-electron chi connectivity index (χ0n) is 6.79. The third kappa shape index (κ3) is 2.57. The van der Waals surface area contributed by atoms with Crippen LogP contribution < -0.4 is 5.32 Å². The summed E-state index contributed by atoms with van der Waals surface area (Å²) in [6, 6.07) is 0.394. The van der Waals surface area contributed by atoms with E-state index in [0.717, 1.165) is 12.8 Å². The number of hydrogen-bond acceptors (Lipinski definition) is 4. The van der Waals surface area contributed by atoms with Crippen LogP contribution in [0.5, 0.6) is 0 Å². The van der Waals surface area contributed by atoms with Gasteiger partial charge in [-0.2, -0.15) is 0 Å². The predicted molar refractivity (Wildman–Crippen MR) is 41.1 cm³/mol. The predicted octanol–water partition coefficient (Wildman–Crippen LogP) is 1.47. The first kappa shape index (κ1) is 8.04. The van der Waals surface area contributed by atoms with E-state index < -0.39 is 0 Å². The molecule has 1 aromatic rings. The Kier molecular flexibility index (Phi) is 2.89. The van der Waals surface area contributed by atoms with Crippen molar-refractivity contribution in [3.8, 4) is 0 Å². The Balaban J connectivity index is 2.31. The third-order valence-electron chi connectivity index (χ3n) is 1.42. The van der Waals surface area contributed by atoms with E-state index in [1.54, 1.807) is 0 Å². The number of nitrogens with one attached hydrogen (secondary N) is 1. The lowest BCUT2D eigenvalue weighted by Gasteiger charge is -2.08. The minimum atomic E-state index is 0.394. The van der Waals surface area contributed by atoms with Gasteiger partial charge in [-0.3, -0.25) is 0 Å². The molecule has 1 N–H and O–H groups in total. The fourth-order valence-electron chi connectivity index (χ4n) is 0.935. The van der Waals surface area contributed by atoms with Crippen molar-refractivity contribution in [3.63, 3.8) is 0 Å². The van der Waals surface area contributed by atoms with Crippen LogP contribution in [-0.2, 0) is 0 Å². The quantitative estimate of drug-likeness (QED) is 0.713. The second-order valence-electron chi connectivity index (χ2n) is 2.55. The van der Waals surface area contributed by atoms with Gasteiger partial charge in [0.25, 0.3) is 5.88 Å². The molecule has 0 bridgehead atoms. The van der Waals surface area contributed by atoms with Crippen molar-refractivity contribution in [2.75, 3.05) is 5.32 Å². The van der Waals surface area contributed by atoms with Crippen molar-refractivity contribution in [1.82, 2.24) is 10.4 Å². The van der Waals surface area contributed by atoms with E-state index >= 15 is 0 Å². The molecule has 4 heteroatoms. The second kappa shape index (κ2) is 3.95. The van der Waals surface area contributed by atoms with E-state index in [4.69, 9.17) is 4.52 Å². The highest BCUT2D eigenvalue weighted by Gasteiger charge is 2.03. The van der Waals surface area contributed by atoms with Crippen LogP contribution in [0.15, 0.2) is 4.52 Å². The maximum atomic E-state index is 4.72. The van der Waals surface area contributed by atoms with Gasteiger partial charge in [-0.25, -0.2) is 0 Å². The molecule has 0 amide bonds. The Morgan fingerprint density at radius 3 is 3.09 bits per heavy atom. The van der Waals surface area contributed by atoms with Gasteiger partial charge in [0.05, 0.1) is 0 Å². The van der Waals surface area contributed by atoms with Crippen LogP contribution in [0.3, 0.4) is 0 Å². The van der Waals surface area contributed by atoms with Gasteiger partial charge in [0.1, 0.15) is 0 Å². The molecule has 0 saturated heterocycles. The summed E-state index contributed by atoms with van der Waals surface area (Å²) < 4.78 is 4.72. The second-order valence-corrected chi connectivity index (χ2v) is 2.55. The minimum absolute atomic E-state index is 0.394. The molecule has 1 atom stereocenters. The molecule has 0 aromatic carbocycles. The molecule has 11 heavy (non-hydrogen) atoms. The number of aromatic nitrogens is 2. The first-order valence-electron chi connectivity index (χ1n) is 3.79. The molecule has 0 aliphatic carbocycles. The standard InChI is InChI=1S/C7H12N3O/c1-3-4-6(2)9-7-5-8-10-11-7/h6,9H,3-4H2,1-2H3. The van der Waals surface area contributed by atoms with E-state index in [-0.39, 0.29) is 0 Å². The molecule has 61 valence electrons. The van der Waals surface area contributed by atoms with E-state index in [1.807, 2.05) is 0 Å². The monoisotopic (exact) mass is 154 g/mol. The summed E-state index contributed by atoms with van der Waals surface area (Å²) in [6.07, 6.45) is 4.84. The molecule has 4 nitrogen and oxygen atoms in total. The van der Waals surface area contributed by atoms with E-state index in [2.05, 4.69) is 35.7 Å². The van der Waals surface area contributed by atoms with Crippen LogP contribution in [0.25, 0.3) is 0 Å². The van der Waals surface area contributed by atoms with Gasteiger partial charge in [-0.05, 0) is 13.3 Å². The molecule has 1 aromatic heterocycles. The van der Waals surface area contributed by atoms with Gasteiger partial charge in [0.2, 0.25) is 0 Å². The van der Waals surface area contributed by atoms with E-state index in [0.29, 0.717) is 11.9 Å². The first-order chi connectivity index (χ1) is 5.33. The van der Waals surface area contributed by atoms with Crippen molar-refractivity contribution in [2.24, 2.45) is 0 Å². The molecule has 1 rings (SSSR count). The van der Waals surface area contributed by atoms with Crippen LogP contribution in [0, 0.1) is 6.20 Å². The lowest BCUT2D eigenvalue weighted by molar-refractivity contribution is 0.400. The smallest absolute Gasteiger partial charge is 0.255 e. The van der Waals surface area contributed by atoms with Gasteiger partial charge >= 0.3 is 0 Å². The van der Waals surface area contributed by atoms with Crippen molar-refractivity contribution < 1.29 is 4.52 Å². The number of anilines is 1. The largest absolute Gasteiger partial charge is 0.350 e. The normalized spacial score (nSPS) is 12.9. The molecule has 1 unspecified atom stereocenters. The highest BCUT2D eigenvalue weighted by molar-refractivity contribution is 5.24. The van der Waals surface area contributed by atoms with Gasteiger partial charge < -0.3 is 9.84 Å². The first-order valence-corrected chi connectivity index (χ1v) is 3.79. The molecular weight excluding hydrogens is 142 g/mol. The third-order valence-corrected chi connectivity index (χ3v) is 1.42. The Hall–Kier alpha value is -1.06. The minimum Gasteiger partial charge on any atom is -0.350 e. The van der Waals surface area contributed by atoms with Gasteiger partial charge in [0, 0.05) is 11.3 Å². The maximum Gasteiger partial charge on any atom is 0.255 e. The molecule has 0 fully saturated rings. The molecular formula is C7H12N3O. The SMILES string of the molecule is CCCC(C)Nc1[c]nno1. The summed E-state index contributed by atoms with van der Waals surface area (Å²) in [5.74, 6) is 0.519. The zero-order chi connectivity index (χ0) is 8.10. The molecule has 0 aliphatic heterocycles. The van der Waals surface area contributed by atoms with Gasteiger partial charge in [0.15, 0.2) is 6.20 Å². The van der Waals surface area contributed by atoms with Crippen molar-refractivity contribution in [2.45, 2.75) is 32.7 Å². The zero-order valence-corrected chi connectivity index (χ0v) is 6.79. The van der Waals surface area contributed by atoms with Gasteiger partial charge in [-0.1, -0.05) is 13.3 Å². The highest BCUT2D eigenvalue weighted by atomic mass is 16.5. The lowest BCUT2D eigenvalue weighted by Crippen LogP contribution is -2.13. The van der Waals surface area contributed by atoms with Crippen LogP contribution in [0.1, 0.15) is 26.7 Å². The van der Waals surface area contributed by atoms with E-state index in [1.165, 1.54) is 0 Å². The summed E-state index contributed by atoms with van der Waals surface area (Å²) in [5.41, 5.74) is 0. The average Bonchev–Trinajstić information content (AvgIpc) is 2.40. The molecule has 1 heterocycles. The summed E-state index contributed by atoms with van der Waals surface area (Å²) in [5, 5.41) is 9.80. The van der Waals surface area contributed by atoms with Crippen LogP contribution >= 0.6 is 0 Å². The number of rotatable bonds is 4. The average molecular weight is 154 g/mol. The number of nitrogens with zero attached hydrogens (tertiary/aromatic N) is 2. The Bertz CT molecular complexity index is 186. The van der Waals surface area contributed by atoms with Crippen LogP contribution in [0.2, 0.25) is 0 Å². The summed E-state index contributed by atoms with van der Waals surface area (Å²) in [6.45, 7) is 4.22. The Labute approximate surface area is 66.0 Å². The van der Waals surface area contributed by atoms with Crippen LogP contribution in [0.4, 0.5) is 5.88 Å². The number of hydrogen-bond donors (Lipinski definition) is 1. The Morgan fingerprint density at radius 1 is 1.73 bits per heavy atom. The van der Waals surface area contributed by atoms with Crippen molar-refractivity contribution in [3.05, 3.63) is 6.20 Å². The van der Waals surface area contributed by atoms with Crippen molar-refractivity contribution in [1.29, 1.82) is 0 Å². The highest BCUT2D eigenvalue weighted by Crippen LogP contribution is 2.05. The Morgan fingerprint density at radius 2 is 2.55 bits per heavy atom. The lowest BCUT2D eigenvalue weighted by atomic mass is 10.2. The molecule has 0 spiro atoms. The summed E-state index contributed by atoms with van der Waals surface area (Å²) >= 11 is 0. The molecule has 0 saturated carbocycles. The summed E-state index contributed by atoms with van der Waals surface area (Å²) in [7, 11) is 0.